The number of hydrogen-bond donors (Lipinski definition) is 7. The number of hydrogen-bond acceptors (Lipinski definition) is 12. The van der Waals surface area contributed by atoms with Crippen LogP contribution in [0.25, 0.3) is 5.76 Å². The lowest BCUT2D eigenvalue weighted by atomic mass is 9.54. The summed E-state index contributed by atoms with van der Waals surface area (Å²) in [4.78, 5) is 50.3. The van der Waals surface area contributed by atoms with E-state index in [9.17, 15) is 55.1 Å². The van der Waals surface area contributed by atoms with Crippen molar-refractivity contribution in [3.8, 4) is 11.5 Å². The van der Waals surface area contributed by atoms with Gasteiger partial charge in [-0.2, -0.15) is 0 Å². The van der Waals surface area contributed by atoms with Crippen molar-refractivity contribution >= 4 is 28.9 Å². The topological polar surface area (TPSA) is 245 Å². The first-order chi connectivity index (χ1) is 16.6. The van der Waals surface area contributed by atoms with Gasteiger partial charge in [-0.05, 0) is 20.0 Å². The lowest BCUT2D eigenvalue weighted by molar-refractivity contribution is -0.386. The average Bonchev–Trinajstić information content (AvgIpc) is 2.77. The fraction of sp³-hybridized carbons (Fsp3) is 0.409. The molecule has 1 aromatic carbocycles. The molecule has 3 aliphatic rings. The van der Waals surface area contributed by atoms with Crippen molar-refractivity contribution in [2.75, 3.05) is 14.1 Å². The minimum atomic E-state index is -3.11. The molecule has 1 aromatic rings. The Hall–Kier alpha value is -4.01. The van der Waals surface area contributed by atoms with E-state index in [1.807, 2.05) is 0 Å². The third kappa shape index (κ3) is 2.85. The van der Waals surface area contributed by atoms with Crippen molar-refractivity contribution in [3.05, 3.63) is 44.2 Å². The summed E-state index contributed by atoms with van der Waals surface area (Å²) in [6.07, 6.45) is -1.85. The predicted octanol–water partition coefficient (Wildman–Crippen LogP) is -0.890. The van der Waals surface area contributed by atoms with Gasteiger partial charge in [0.1, 0.15) is 22.8 Å². The molecule has 3 aliphatic carbocycles. The van der Waals surface area contributed by atoms with E-state index in [1.54, 1.807) is 0 Å². The third-order valence-corrected chi connectivity index (χ3v) is 7.38. The Bertz CT molecular complexity index is 1330. The quantitative estimate of drug-likeness (QED) is 0.114. The summed E-state index contributed by atoms with van der Waals surface area (Å²) < 4.78 is 0. The SMILES string of the molecule is C[C@H]1c2c(O)cc([N+](=O)[O-])c(O)c2C(O)=C2C(=O)[C@]3(O)C(O)=C(C(N)=O)C(=O)[C@@H](N(C)C)[C@@H]3[C@@H](O)[C@@H]21. The molecule has 0 unspecified atom stereocenters. The minimum Gasteiger partial charge on any atom is -0.508 e. The molecule has 36 heavy (non-hydrogen) atoms. The number of fused-ring (bicyclic) bond motifs is 3. The van der Waals surface area contributed by atoms with Gasteiger partial charge in [-0.1, -0.05) is 6.92 Å². The first kappa shape index (κ1) is 25.1. The number of nitrogens with zero attached hydrogens (tertiary/aromatic N) is 2. The van der Waals surface area contributed by atoms with Crippen LogP contribution in [0.5, 0.6) is 11.5 Å². The Morgan fingerprint density at radius 3 is 2.28 bits per heavy atom. The van der Waals surface area contributed by atoms with Crippen LogP contribution in [-0.2, 0) is 14.4 Å². The molecule has 8 N–H and O–H groups in total. The number of nitrogens with two attached hydrogens (primary N) is 1. The lowest BCUT2D eigenvalue weighted by Gasteiger charge is -2.53. The Morgan fingerprint density at radius 1 is 1.19 bits per heavy atom. The fourth-order valence-electron chi connectivity index (χ4n) is 5.87. The number of carbonyl (C=O) groups is 3. The maximum Gasteiger partial charge on any atom is 0.315 e. The number of aromatic hydroxyl groups is 2. The first-order valence-corrected chi connectivity index (χ1v) is 10.7. The number of likely N-dealkylation sites (N-methyl/N-ethyl adjacent to an activating group) is 1. The zero-order valence-corrected chi connectivity index (χ0v) is 19.2. The van der Waals surface area contributed by atoms with Gasteiger partial charge < -0.3 is 36.4 Å². The number of Topliss-reactive ketones (excluding diaryl/α,β-unsaturated/α-hetero) is 2. The number of benzene rings is 1. The van der Waals surface area contributed by atoms with Crippen molar-refractivity contribution in [2.24, 2.45) is 17.6 Å². The van der Waals surface area contributed by atoms with Crippen molar-refractivity contribution < 1.29 is 49.9 Å². The molecule has 14 nitrogen and oxygen atoms in total. The smallest absolute Gasteiger partial charge is 0.315 e. The maximum atomic E-state index is 13.8. The highest BCUT2D eigenvalue weighted by Crippen LogP contribution is 2.58. The molecular weight excluding hydrogens is 482 g/mol. The van der Waals surface area contributed by atoms with E-state index in [2.05, 4.69) is 0 Å². The molecule has 1 saturated carbocycles. The van der Waals surface area contributed by atoms with Crippen LogP contribution in [0.15, 0.2) is 23.0 Å². The number of amides is 1. The summed E-state index contributed by atoms with van der Waals surface area (Å²) in [7, 11) is 2.74. The van der Waals surface area contributed by atoms with Crippen molar-refractivity contribution in [3.63, 3.8) is 0 Å². The molecular formula is C22H23N3O11. The number of ketones is 2. The van der Waals surface area contributed by atoms with Gasteiger partial charge in [0.05, 0.1) is 34.6 Å². The largest absolute Gasteiger partial charge is 0.508 e. The van der Waals surface area contributed by atoms with Crippen molar-refractivity contribution in [2.45, 2.75) is 30.6 Å². The summed E-state index contributed by atoms with van der Waals surface area (Å²) >= 11 is 0. The lowest BCUT2D eigenvalue weighted by Crippen LogP contribution is -2.70. The van der Waals surface area contributed by atoms with Gasteiger partial charge in [0.2, 0.25) is 11.5 Å². The van der Waals surface area contributed by atoms with E-state index in [1.165, 1.54) is 25.9 Å². The van der Waals surface area contributed by atoms with Crippen LogP contribution < -0.4 is 5.73 Å². The Kier molecular flexibility index (Phi) is 5.40. The number of phenolic OH excluding ortho intramolecular Hbond substituents is 2. The van der Waals surface area contributed by atoms with Gasteiger partial charge in [0.15, 0.2) is 11.4 Å². The molecule has 192 valence electrons. The number of rotatable bonds is 3. The van der Waals surface area contributed by atoms with E-state index in [0.29, 0.717) is 6.07 Å². The van der Waals surface area contributed by atoms with E-state index >= 15 is 0 Å². The highest BCUT2D eigenvalue weighted by atomic mass is 16.6. The Balaban J connectivity index is 2.10. The summed E-state index contributed by atoms with van der Waals surface area (Å²) in [5, 5.41) is 77.2. The van der Waals surface area contributed by atoms with E-state index < -0.39 is 103 Å². The molecule has 4 rings (SSSR count). The molecule has 0 aliphatic heterocycles. The molecule has 0 heterocycles. The summed E-state index contributed by atoms with van der Waals surface area (Å²) in [6.45, 7) is 1.39. The highest BCUT2D eigenvalue weighted by Gasteiger charge is 2.68. The van der Waals surface area contributed by atoms with E-state index in [4.69, 9.17) is 5.73 Å². The van der Waals surface area contributed by atoms with Gasteiger partial charge >= 0.3 is 5.69 Å². The van der Waals surface area contributed by atoms with E-state index in [-0.39, 0.29) is 5.56 Å². The molecule has 0 spiro atoms. The molecule has 0 radical (unpaired) electrons. The second kappa shape index (κ2) is 7.74. The molecule has 0 aromatic heterocycles. The van der Waals surface area contributed by atoms with Crippen LogP contribution in [0.4, 0.5) is 5.69 Å². The zero-order valence-electron chi connectivity index (χ0n) is 19.2. The van der Waals surface area contributed by atoms with Crippen LogP contribution >= 0.6 is 0 Å². The summed E-state index contributed by atoms with van der Waals surface area (Å²) in [6, 6.07) is -0.875. The number of phenols is 2. The van der Waals surface area contributed by atoms with Gasteiger partial charge in [-0.25, -0.2) is 0 Å². The number of primary amides is 1. The third-order valence-electron chi connectivity index (χ3n) is 7.38. The molecule has 14 heteroatoms. The van der Waals surface area contributed by atoms with Gasteiger partial charge in [0, 0.05) is 17.1 Å². The number of aliphatic hydroxyl groups is 4. The molecule has 1 fully saturated rings. The van der Waals surface area contributed by atoms with Gasteiger partial charge in [-0.15, -0.1) is 0 Å². The Morgan fingerprint density at radius 2 is 1.78 bits per heavy atom. The van der Waals surface area contributed by atoms with Crippen LogP contribution in [0.2, 0.25) is 0 Å². The number of carbonyl (C=O) groups excluding carboxylic acids is 3. The fourth-order valence-corrected chi connectivity index (χ4v) is 5.87. The van der Waals surface area contributed by atoms with Crippen molar-refractivity contribution in [1.82, 2.24) is 4.90 Å². The molecule has 0 saturated heterocycles. The monoisotopic (exact) mass is 505 g/mol. The standard InChI is InChI=1S/C22H23N3O11/c1-5-8-7(26)4-6(25(35)36)15(27)10(8)16(28)11-9(5)17(29)13-14(24(2)3)18(30)12(21(23)33)20(32)22(13,34)19(11)31/h4-5,9,13-14,17,26-29,32,34H,1-3H3,(H2,23,33)/t5-,9+,13+,14-,17-,22-/m0/s1. The van der Waals surface area contributed by atoms with Crippen LogP contribution in [-0.4, -0.2) is 89.8 Å². The van der Waals surface area contributed by atoms with Crippen LogP contribution in [0.1, 0.15) is 24.0 Å². The van der Waals surface area contributed by atoms with Crippen molar-refractivity contribution in [1.29, 1.82) is 0 Å². The second-order valence-electron chi connectivity index (χ2n) is 9.36. The minimum absolute atomic E-state index is 0.220. The molecule has 0 bridgehead atoms. The summed E-state index contributed by atoms with van der Waals surface area (Å²) in [5.74, 6) is -12.5. The van der Waals surface area contributed by atoms with Gasteiger partial charge in [0.25, 0.3) is 5.91 Å². The van der Waals surface area contributed by atoms with Crippen LogP contribution in [0, 0.1) is 22.0 Å². The normalized spacial score (nSPS) is 31.8. The average molecular weight is 505 g/mol. The van der Waals surface area contributed by atoms with E-state index in [0.717, 1.165) is 0 Å². The molecule has 6 atom stereocenters. The highest BCUT2D eigenvalue weighted by molar-refractivity contribution is 6.24. The number of aliphatic hydroxyl groups excluding tert-OH is 3. The zero-order chi connectivity index (χ0) is 27.2. The maximum absolute atomic E-state index is 13.8. The predicted molar refractivity (Wildman–Crippen MR) is 119 cm³/mol. The molecule has 1 amide bonds. The second-order valence-corrected chi connectivity index (χ2v) is 9.36. The van der Waals surface area contributed by atoms with Crippen LogP contribution in [0.3, 0.4) is 0 Å². The first-order valence-electron chi connectivity index (χ1n) is 10.7. The summed E-state index contributed by atoms with van der Waals surface area (Å²) in [5.41, 5.74) is -1.54. The van der Waals surface area contributed by atoms with Gasteiger partial charge in [-0.3, -0.25) is 29.4 Å². The Labute approximate surface area is 202 Å². The number of nitro groups is 1. The number of nitro benzene ring substituents is 1.